The molecule has 7 heteroatoms. The van der Waals surface area contributed by atoms with Gasteiger partial charge in [0.1, 0.15) is 12.1 Å². The van der Waals surface area contributed by atoms with Crippen LogP contribution in [0.2, 0.25) is 0 Å². The molecule has 1 saturated carbocycles. The third-order valence-corrected chi connectivity index (χ3v) is 5.62. The minimum absolute atomic E-state index is 0.532. The third kappa shape index (κ3) is 3.56. The van der Waals surface area contributed by atoms with Crippen molar-refractivity contribution < 1.29 is 4.74 Å². The van der Waals surface area contributed by atoms with Gasteiger partial charge in [-0.25, -0.2) is 4.98 Å². The summed E-state index contributed by atoms with van der Waals surface area (Å²) in [7, 11) is 0. The summed E-state index contributed by atoms with van der Waals surface area (Å²) in [4.78, 5) is 11.2. The molecule has 3 aromatic heterocycles. The molecule has 1 atom stereocenters. The van der Waals surface area contributed by atoms with Crippen LogP contribution in [0, 0.1) is 18.8 Å². The molecule has 0 N–H and O–H groups in total. The van der Waals surface area contributed by atoms with Gasteiger partial charge in [-0.3, -0.25) is 0 Å². The summed E-state index contributed by atoms with van der Waals surface area (Å²) >= 11 is 0. The number of fused-ring (bicyclic) bond motifs is 2. The van der Waals surface area contributed by atoms with Crippen molar-refractivity contribution in [2.45, 2.75) is 39.3 Å². The topological polar surface area (TPSA) is 60.5 Å². The Bertz CT molecular complexity index is 928. The van der Waals surface area contributed by atoms with Gasteiger partial charge in [0.05, 0.1) is 6.54 Å². The summed E-state index contributed by atoms with van der Waals surface area (Å²) in [6.07, 6.45) is 7.54. The Morgan fingerprint density at radius 3 is 3.04 bits per heavy atom. The van der Waals surface area contributed by atoms with E-state index in [1.807, 2.05) is 11.4 Å². The Hall–Kier alpha value is -2.41. The second kappa shape index (κ2) is 6.96. The number of hydrogen-bond acceptors (Lipinski definition) is 5. The minimum Gasteiger partial charge on any atom is -0.381 e. The Morgan fingerprint density at radius 1 is 1.22 bits per heavy atom. The fourth-order valence-electron chi connectivity index (χ4n) is 3.96. The average molecular weight is 366 g/mol. The molecule has 1 aliphatic carbocycles. The van der Waals surface area contributed by atoms with Gasteiger partial charge in [-0.2, -0.15) is 14.6 Å². The van der Waals surface area contributed by atoms with E-state index in [0.717, 1.165) is 56.7 Å². The van der Waals surface area contributed by atoms with E-state index >= 15 is 0 Å². The molecule has 0 aromatic carbocycles. The summed E-state index contributed by atoms with van der Waals surface area (Å²) < 4.78 is 10.2. The highest BCUT2D eigenvalue weighted by atomic mass is 16.5. The quantitative estimate of drug-likeness (QED) is 0.628. The van der Waals surface area contributed by atoms with Gasteiger partial charge in [0.15, 0.2) is 0 Å². The van der Waals surface area contributed by atoms with Crippen LogP contribution in [0.5, 0.6) is 0 Å². The lowest BCUT2D eigenvalue weighted by Crippen LogP contribution is -2.30. The van der Waals surface area contributed by atoms with Crippen LogP contribution in [-0.2, 0) is 17.8 Å². The van der Waals surface area contributed by atoms with Crippen molar-refractivity contribution in [2.75, 3.05) is 24.7 Å². The van der Waals surface area contributed by atoms with Crippen molar-refractivity contribution in [2.24, 2.45) is 11.8 Å². The molecule has 0 bridgehead atoms. The average Bonchev–Trinajstić information content (AvgIpc) is 3.25. The summed E-state index contributed by atoms with van der Waals surface area (Å²) in [5.41, 5.74) is 2.30. The largest absolute Gasteiger partial charge is 0.381 e. The molecule has 1 aliphatic heterocycles. The van der Waals surface area contributed by atoms with E-state index in [0.29, 0.717) is 11.7 Å². The highest BCUT2D eigenvalue weighted by molar-refractivity contribution is 5.47. The van der Waals surface area contributed by atoms with Gasteiger partial charge in [-0.05, 0) is 50.2 Å². The smallest absolute Gasteiger partial charge is 0.254 e. The molecular weight excluding hydrogens is 340 g/mol. The van der Waals surface area contributed by atoms with Gasteiger partial charge < -0.3 is 14.2 Å². The van der Waals surface area contributed by atoms with Crippen molar-refractivity contribution in [1.82, 2.24) is 24.1 Å². The maximum atomic E-state index is 5.92. The fraction of sp³-hybridized carbons (Fsp3) is 0.550. The molecule has 7 nitrogen and oxygen atoms in total. The van der Waals surface area contributed by atoms with Crippen molar-refractivity contribution >= 4 is 11.6 Å². The Labute approximate surface area is 159 Å². The monoisotopic (exact) mass is 366 g/mol. The standard InChI is InChI=1S/C20H26N6O/c1-15-9-19(26-20(23-15)21-14-22-26)25-11-17(6-8-27-13-16-4-5-16)10-24-7-2-3-18(24)12-25/h2-3,7,9,14,16-17H,4-6,8,10-13H2,1H3/t17-/m1/s1. The molecule has 0 unspecified atom stereocenters. The lowest BCUT2D eigenvalue weighted by atomic mass is 10.1. The molecule has 27 heavy (non-hydrogen) atoms. The minimum atomic E-state index is 0.532. The van der Waals surface area contributed by atoms with E-state index in [-0.39, 0.29) is 0 Å². The van der Waals surface area contributed by atoms with Crippen LogP contribution in [0.1, 0.15) is 30.7 Å². The summed E-state index contributed by atoms with van der Waals surface area (Å²) in [5.74, 6) is 3.08. The van der Waals surface area contributed by atoms with E-state index in [1.54, 1.807) is 6.33 Å². The molecule has 142 valence electrons. The van der Waals surface area contributed by atoms with Crippen LogP contribution >= 0.6 is 0 Å². The Morgan fingerprint density at radius 2 is 2.15 bits per heavy atom. The van der Waals surface area contributed by atoms with E-state index in [2.05, 4.69) is 48.9 Å². The number of rotatable bonds is 6. The molecule has 3 aromatic rings. The third-order valence-electron chi connectivity index (χ3n) is 5.62. The van der Waals surface area contributed by atoms with Crippen LogP contribution in [0.15, 0.2) is 30.7 Å². The molecule has 2 aliphatic rings. The molecule has 1 fully saturated rings. The zero-order chi connectivity index (χ0) is 18.2. The second-order valence-corrected chi connectivity index (χ2v) is 7.93. The fourth-order valence-corrected chi connectivity index (χ4v) is 3.96. The highest BCUT2D eigenvalue weighted by Crippen LogP contribution is 2.29. The maximum Gasteiger partial charge on any atom is 0.254 e. The number of aryl methyl sites for hydroxylation is 1. The van der Waals surface area contributed by atoms with Crippen LogP contribution in [0.3, 0.4) is 0 Å². The predicted molar refractivity (Wildman–Crippen MR) is 103 cm³/mol. The summed E-state index contributed by atoms with van der Waals surface area (Å²) in [6, 6.07) is 6.47. The Balaban J connectivity index is 1.39. The first-order valence-electron chi connectivity index (χ1n) is 9.90. The lowest BCUT2D eigenvalue weighted by Gasteiger charge is -2.26. The molecule has 4 heterocycles. The normalized spacial score (nSPS) is 20.0. The van der Waals surface area contributed by atoms with Gasteiger partial charge in [-0.1, -0.05) is 0 Å². The molecule has 5 rings (SSSR count). The van der Waals surface area contributed by atoms with Gasteiger partial charge >= 0.3 is 0 Å². The van der Waals surface area contributed by atoms with Crippen LogP contribution in [0.25, 0.3) is 5.78 Å². The Kier molecular flexibility index (Phi) is 4.32. The van der Waals surface area contributed by atoms with Crippen LogP contribution < -0.4 is 4.90 Å². The van der Waals surface area contributed by atoms with E-state index < -0.39 is 0 Å². The zero-order valence-corrected chi connectivity index (χ0v) is 15.8. The van der Waals surface area contributed by atoms with E-state index in [1.165, 1.54) is 18.5 Å². The van der Waals surface area contributed by atoms with Crippen LogP contribution in [0.4, 0.5) is 5.82 Å². The number of aromatic nitrogens is 5. The lowest BCUT2D eigenvalue weighted by molar-refractivity contribution is 0.110. The molecular formula is C20H26N6O. The SMILES string of the molecule is Cc1cc(N2Cc3cccn3C[C@@H](CCOCC3CC3)C2)n2ncnc2n1. The van der Waals surface area contributed by atoms with E-state index in [9.17, 15) is 0 Å². The molecule has 0 spiro atoms. The maximum absolute atomic E-state index is 5.92. The zero-order valence-electron chi connectivity index (χ0n) is 15.8. The van der Waals surface area contributed by atoms with Crippen molar-refractivity contribution in [3.63, 3.8) is 0 Å². The number of anilines is 1. The van der Waals surface area contributed by atoms with Crippen molar-refractivity contribution in [1.29, 1.82) is 0 Å². The summed E-state index contributed by atoms with van der Waals surface area (Å²) in [5, 5.41) is 4.41. The van der Waals surface area contributed by atoms with Gasteiger partial charge in [0.25, 0.3) is 5.78 Å². The van der Waals surface area contributed by atoms with E-state index in [4.69, 9.17) is 4.74 Å². The second-order valence-electron chi connectivity index (χ2n) is 7.93. The molecule has 0 saturated heterocycles. The first-order valence-corrected chi connectivity index (χ1v) is 9.90. The highest BCUT2D eigenvalue weighted by Gasteiger charge is 2.25. The number of hydrogen-bond donors (Lipinski definition) is 0. The van der Waals surface area contributed by atoms with Gasteiger partial charge in [0.2, 0.25) is 0 Å². The number of ether oxygens (including phenoxy) is 1. The van der Waals surface area contributed by atoms with Crippen molar-refractivity contribution in [3.8, 4) is 0 Å². The van der Waals surface area contributed by atoms with Crippen LogP contribution in [-0.4, -0.2) is 43.9 Å². The molecule has 0 amide bonds. The first-order chi connectivity index (χ1) is 13.3. The number of nitrogens with zero attached hydrogens (tertiary/aromatic N) is 6. The summed E-state index contributed by atoms with van der Waals surface area (Å²) in [6.45, 7) is 6.68. The first kappa shape index (κ1) is 16.7. The van der Waals surface area contributed by atoms with Gasteiger partial charge in [-0.15, -0.1) is 0 Å². The van der Waals surface area contributed by atoms with Gasteiger partial charge in [0, 0.05) is 50.0 Å². The predicted octanol–water partition coefficient (Wildman–Crippen LogP) is 2.69. The van der Waals surface area contributed by atoms with Crippen molar-refractivity contribution in [3.05, 3.63) is 42.1 Å². The molecule has 0 radical (unpaired) electrons.